The van der Waals surface area contributed by atoms with E-state index in [4.69, 9.17) is 4.74 Å². The van der Waals surface area contributed by atoms with Gasteiger partial charge in [-0.05, 0) is 80.2 Å². The van der Waals surface area contributed by atoms with Gasteiger partial charge in [-0.3, -0.25) is 19.4 Å². The number of benzene rings is 2. The molecular weight excluding hydrogens is 670 g/mol. The zero-order chi connectivity index (χ0) is 37.3. The quantitative estimate of drug-likeness (QED) is 0.334. The maximum absolute atomic E-state index is 14.3. The van der Waals surface area contributed by atoms with E-state index in [1.54, 1.807) is 0 Å². The normalized spacial score (nSPS) is 20.0. The largest absolute Gasteiger partial charge is 0.465 e. The Balaban J connectivity index is 1.05. The number of para-hydroxylation sites is 1. The Morgan fingerprint density at radius 1 is 0.811 bits per heavy atom. The van der Waals surface area contributed by atoms with Gasteiger partial charge in [-0.2, -0.15) is 0 Å². The lowest BCUT2D eigenvalue weighted by Crippen LogP contribution is -2.58. The molecule has 3 fully saturated rings. The molecule has 2 N–H and O–H groups in total. The molecule has 4 heterocycles. The van der Waals surface area contributed by atoms with E-state index in [1.807, 2.05) is 39.8 Å². The van der Waals surface area contributed by atoms with Crippen molar-refractivity contribution < 1.29 is 23.9 Å². The molecule has 3 saturated heterocycles. The van der Waals surface area contributed by atoms with Gasteiger partial charge >= 0.3 is 18.0 Å². The van der Waals surface area contributed by atoms with Gasteiger partial charge in [0.1, 0.15) is 6.04 Å². The van der Waals surface area contributed by atoms with Crippen LogP contribution in [0.4, 0.5) is 15.3 Å². The molecule has 288 valence electrons. The Morgan fingerprint density at radius 3 is 2.19 bits per heavy atom. The molecule has 4 aliphatic rings. The number of anilines is 1. The molecule has 0 spiro atoms. The predicted octanol–water partition coefficient (Wildman–Crippen LogP) is 4.16. The van der Waals surface area contributed by atoms with Crippen LogP contribution < -0.4 is 10.6 Å². The molecule has 0 aromatic heterocycles. The SMILES string of the molecule is CCOC(=O)CN1CCN(C2CCN(C(=O)[C@@H](Cc3ccc(CC)c(CC)c3)NC(=O)N3CCC(N4CCc5ccccc5NC4=O)CC3)CC2)CC1. The van der Waals surface area contributed by atoms with Crippen LogP contribution >= 0.6 is 0 Å². The summed E-state index contributed by atoms with van der Waals surface area (Å²) in [5, 5.41) is 6.25. The number of ether oxygens (including phenoxy) is 1. The van der Waals surface area contributed by atoms with Crippen LogP contribution in [-0.2, 0) is 40.0 Å². The number of hydrogen-bond donors (Lipinski definition) is 2. The van der Waals surface area contributed by atoms with Crippen LogP contribution in [0, 0.1) is 0 Å². The third kappa shape index (κ3) is 9.69. The second kappa shape index (κ2) is 18.2. The first kappa shape index (κ1) is 38.6. The summed E-state index contributed by atoms with van der Waals surface area (Å²) in [4.78, 5) is 63.6. The fourth-order valence-electron chi connectivity index (χ4n) is 8.62. The summed E-state index contributed by atoms with van der Waals surface area (Å²) in [6.45, 7) is 13.4. The third-order valence-corrected chi connectivity index (χ3v) is 11.8. The molecule has 2 aromatic carbocycles. The summed E-state index contributed by atoms with van der Waals surface area (Å²) in [6, 6.07) is 13.9. The third-order valence-electron chi connectivity index (χ3n) is 11.8. The standard InChI is InChI=1S/C41H59N7O5/c1-4-31-12-11-30(27-32(31)5-2)28-37(39(50)46-18-14-34(15-19-46)45-25-23-44(24-26-45)29-38(49)53-6-3)43-40(51)47-20-16-35(17-21-47)48-22-13-33-9-7-8-10-36(33)42-41(48)52/h7-12,27,34-35,37H,4-6,13-26,28-29H2,1-3H3,(H,42,52)(H,43,51)/t37-/m1/s1. The topological polar surface area (TPSA) is 118 Å². The number of carbonyl (C=O) groups is 4. The van der Waals surface area contributed by atoms with E-state index in [0.29, 0.717) is 71.2 Å². The fraction of sp³-hybridized carbons (Fsp3) is 0.610. The van der Waals surface area contributed by atoms with E-state index < -0.39 is 6.04 Å². The molecule has 12 heteroatoms. The zero-order valence-electron chi connectivity index (χ0n) is 32.0. The Hall–Kier alpha value is -4.16. The van der Waals surface area contributed by atoms with Crippen molar-refractivity contribution in [1.29, 1.82) is 0 Å². The number of nitrogens with one attached hydrogen (secondary N) is 2. The molecule has 0 bridgehead atoms. The maximum Gasteiger partial charge on any atom is 0.322 e. The van der Waals surface area contributed by atoms with Crippen LogP contribution in [0.15, 0.2) is 42.5 Å². The van der Waals surface area contributed by atoms with Crippen LogP contribution in [0.1, 0.15) is 68.7 Å². The van der Waals surface area contributed by atoms with Gasteiger partial charge in [-0.25, -0.2) is 9.59 Å². The van der Waals surface area contributed by atoms with Gasteiger partial charge in [0.2, 0.25) is 5.91 Å². The molecule has 4 aliphatic heterocycles. The van der Waals surface area contributed by atoms with Crippen molar-refractivity contribution in [2.45, 2.75) is 90.3 Å². The predicted molar refractivity (Wildman–Crippen MR) is 206 cm³/mol. The fourth-order valence-corrected chi connectivity index (χ4v) is 8.62. The van der Waals surface area contributed by atoms with E-state index >= 15 is 0 Å². The number of rotatable bonds is 11. The van der Waals surface area contributed by atoms with E-state index in [-0.39, 0.29) is 30.0 Å². The van der Waals surface area contributed by atoms with E-state index in [1.165, 1.54) is 11.1 Å². The smallest absolute Gasteiger partial charge is 0.322 e. The number of nitrogens with zero attached hydrogens (tertiary/aromatic N) is 5. The van der Waals surface area contributed by atoms with Crippen molar-refractivity contribution in [2.24, 2.45) is 0 Å². The van der Waals surface area contributed by atoms with Crippen LogP contribution in [0.5, 0.6) is 0 Å². The lowest BCUT2D eigenvalue weighted by atomic mass is 9.95. The Bertz CT molecular complexity index is 1580. The van der Waals surface area contributed by atoms with Crippen LogP contribution in [-0.4, -0.2) is 139 Å². The summed E-state index contributed by atoms with van der Waals surface area (Å²) in [6.07, 6.45) is 6.27. The lowest BCUT2D eigenvalue weighted by molar-refractivity contribution is -0.145. The number of hydrogen-bond acceptors (Lipinski definition) is 7. The first-order chi connectivity index (χ1) is 25.8. The van der Waals surface area contributed by atoms with Crippen molar-refractivity contribution in [3.8, 4) is 0 Å². The van der Waals surface area contributed by atoms with Gasteiger partial charge in [0.05, 0.1) is 13.2 Å². The average molecular weight is 730 g/mol. The average Bonchev–Trinajstić information content (AvgIpc) is 3.35. The Morgan fingerprint density at radius 2 is 1.49 bits per heavy atom. The summed E-state index contributed by atoms with van der Waals surface area (Å²) >= 11 is 0. The molecule has 0 radical (unpaired) electrons. The zero-order valence-corrected chi connectivity index (χ0v) is 32.0. The number of likely N-dealkylation sites (tertiary alicyclic amines) is 2. The number of piperidine rings is 2. The molecule has 0 aliphatic carbocycles. The minimum absolute atomic E-state index is 0.0237. The molecule has 0 saturated carbocycles. The molecule has 0 unspecified atom stereocenters. The Kier molecular flexibility index (Phi) is 13.3. The van der Waals surface area contributed by atoms with Crippen molar-refractivity contribution in [2.75, 3.05) is 77.4 Å². The first-order valence-electron chi connectivity index (χ1n) is 20.0. The first-order valence-corrected chi connectivity index (χ1v) is 20.0. The van der Waals surface area contributed by atoms with E-state index in [0.717, 1.165) is 75.1 Å². The molecule has 6 rings (SSSR count). The van der Waals surface area contributed by atoms with Crippen LogP contribution in [0.3, 0.4) is 0 Å². The summed E-state index contributed by atoms with van der Waals surface area (Å²) < 4.78 is 5.13. The van der Waals surface area contributed by atoms with Crippen molar-refractivity contribution >= 4 is 29.6 Å². The second-order valence-corrected chi connectivity index (χ2v) is 14.9. The molecule has 12 nitrogen and oxygen atoms in total. The summed E-state index contributed by atoms with van der Waals surface area (Å²) in [7, 11) is 0. The molecule has 5 amide bonds. The number of piperazine rings is 1. The number of esters is 1. The number of urea groups is 2. The van der Waals surface area contributed by atoms with Gasteiger partial charge in [0.25, 0.3) is 0 Å². The van der Waals surface area contributed by atoms with E-state index in [9.17, 15) is 19.2 Å². The highest BCUT2D eigenvalue weighted by molar-refractivity contribution is 5.91. The minimum atomic E-state index is -0.671. The highest BCUT2D eigenvalue weighted by atomic mass is 16.5. The van der Waals surface area contributed by atoms with Gasteiger partial charge in [-0.15, -0.1) is 0 Å². The summed E-state index contributed by atoms with van der Waals surface area (Å²) in [5.74, 6) is -0.191. The second-order valence-electron chi connectivity index (χ2n) is 14.9. The van der Waals surface area contributed by atoms with Crippen molar-refractivity contribution in [3.05, 3.63) is 64.7 Å². The van der Waals surface area contributed by atoms with Gasteiger partial charge in [-0.1, -0.05) is 50.2 Å². The highest BCUT2D eigenvalue weighted by Crippen LogP contribution is 2.25. The van der Waals surface area contributed by atoms with Gasteiger partial charge in [0.15, 0.2) is 0 Å². The number of aryl methyl sites for hydroxylation is 2. The number of carbonyl (C=O) groups excluding carboxylic acids is 4. The van der Waals surface area contributed by atoms with Crippen LogP contribution in [0.25, 0.3) is 0 Å². The molecule has 53 heavy (non-hydrogen) atoms. The van der Waals surface area contributed by atoms with Gasteiger partial charge < -0.3 is 30.1 Å². The number of fused-ring (bicyclic) bond motifs is 1. The molecular formula is C41H59N7O5. The van der Waals surface area contributed by atoms with E-state index in [2.05, 4.69) is 58.5 Å². The monoisotopic (exact) mass is 729 g/mol. The van der Waals surface area contributed by atoms with Crippen LogP contribution in [0.2, 0.25) is 0 Å². The molecule has 2 aromatic rings. The maximum atomic E-state index is 14.3. The van der Waals surface area contributed by atoms with Crippen molar-refractivity contribution in [1.82, 2.24) is 29.8 Å². The Labute approximate surface area is 315 Å². The molecule has 1 atom stereocenters. The number of amides is 5. The highest BCUT2D eigenvalue weighted by Gasteiger charge is 2.35. The van der Waals surface area contributed by atoms with Crippen molar-refractivity contribution in [3.63, 3.8) is 0 Å². The summed E-state index contributed by atoms with van der Waals surface area (Å²) in [5.41, 5.74) is 5.67. The minimum Gasteiger partial charge on any atom is -0.465 e. The van der Waals surface area contributed by atoms with Gasteiger partial charge in [0, 0.05) is 83.1 Å². The lowest BCUT2D eigenvalue weighted by Gasteiger charge is -2.43.